The molecule has 3 heterocycles. The van der Waals surface area contributed by atoms with Gasteiger partial charge >= 0.3 is 0 Å². The van der Waals surface area contributed by atoms with E-state index in [4.69, 9.17) is 11.6 Å². The van der Waals surface area contributed by atoms with Gasteiger partial charge in [-0.3, -0.25) is 14.5 Å². The fourth-order valence-electron chi connectivity index (χ4n) is 3.39. The summed E-state index contributed by atoms with van der Waals surface area (Å²) in [6.45, 7) is 3.94. The predicted molar refractivity (Wildman–Crippen MR) is 121 cm³/mol. The molecule has 0 aliphatic rings. The highest BCUT2D eigenvalue weighted by Gasteiger charge is 2.35. The molecule has 0 radical (unpaired) electrons. The molecule has 0 spiro atoms. The number of aryl methyl sites for hydroxylation is 2. The van der Waals surface area contributed by atoms with E-state index in [0.717, 1.165) is 29.2 Å². The number of hydrogen-bond acceptors (Lipinski definition) is 6. The lowest BCUT2D eigenvalue weighted by atomic mass is 9.80. The first-order valence-corrected chi connectivity index (χ1v) is 11.1. The first-order chi connectivity index (χ1) is 15.7. The minimum Gasteiger partial charge on any atom is -0.349 e. The number of carbonyl (C=O) groups excluding carboxylic acids is 1. The van der Waals surface area contributed by atoms with Crippen LogP contribution in [0, 0.1) is 18.6 Å². The third-order valence-corrected chi connectivity index (χ3v) is 6.70. The van der Waals surface area contributed by atoms with Gasteiger partial charge in [-0.05, 0) is 38.1 Å². The molecule has 1 amide bonds. The molecule has 0 fully saturated rings. The summed E-state index contributed by atoms with van der Waals surface area (Å²) in [4.78, 5) is 17.5. The number of pyridine rings is 1. The first-order valence-electron chi connectivity index (χ1n) is 9.88. The zero-order valence-corrected chi connectivity index (χ0v) is 19.5. The van der Waals surface area contributed by atoms with Crippen LogP contribution in [-0.4, -0.2) is 37.4 Å². The highest BCUT2D eigenvalue weighted by Crippen LogP contribution is 2.35. The average molecular weight is 489 g/mol. The van der Waals surface area contributed by atoms with Crippen molar-refractivity contribution in [2.45, 2.75) is 19.3 Å². The summed E-state index contributed by atoms with van der Waals surface area (Å²) in [5.74, 6) is -1.96. The van der Waals surface area contributed by atoms with Gasteiger partial charge in [0.1, 0.15) is 16.8 Å². The topological polar surface area (TPSA) is 85.6 Å². The summed E-state index contributed by atoms with van der Waals surface area (Å²) in [5.41, 5.74) is 1.52. The number of nitrogens with zero attached hydrogens (tertiary/aromatic N) is 5. The van der Waals surface area contributed by atoms with E-state index < -0.39 is 23.0 Å². The Balaban J connectivity index is 1.60. The fraction of sp³-hybridized carbons (Fsp3) is 0.227. The van der Waals surface area contributed by atoms with Crippen molar-refractivity contribution < 1.29 is 13.6 Å². The van der Waals surface area contributed by atoms with Crippen molar-refractivity contribution in [3.05, 3.63) is 81.3 Å². The van der Waals surface area contributed by atoms with Gasteiger partial charge in [0.05, 0.1) is 17.3 Å². The minimum absolute atomic E-state index is 0.0468. The molecule has 3 aromatic heterocycles. The van der Waals surface area contributed by atoms with E-state index in [1.807, 2.05) is 32.0 Å². The van der Waals surface area contributed by atoms with Crippen molar-refractivity contribution in [1.82, 2.24) is 30.3 Å². The molecule has 33 heavy (non-hydrogen) atoms. The van der Waals surface area contributed by atoms with Crippen LogP contribution in [0.5, 0.6) is 0 Å². The lowest BCUT2D eigenvalue weighted by molar-refractivity contribution is 0.0946. The maximum Gasteiger partial charge on any atom is 0.282 e. The number of aromatic nitrogens is 5. The van der Waals surface area contributed by atoms with Crippen LogP contribution in [0.15, 0.2) is 42.6 Å². The van der Waals surface area contributed by atoms with E-state index in [0.29, 0.717) is 16.4 Å². The molecule has 0 bridgehead atoms. The van der Waals surface area contributed by atoms with Gasteiger partial charge in [-0.1, -0.05) is 29.0 Å². The quantitative estimate of drug-likeness (QED) is 0.437. The van der Waals surface area contributed by atoms with Crippen molar-refractivity contribution in [3.8, 4) is 10.6 Å². The van der Waals surface area contributed by atoms with Crippen LogP contribution in [0.3, 0.4) is 0 Å². The number of benzene rings is 1. The van der Waals surface area contributed by atoms with E-state index >= 15 is 0 Å². The molecule has 0 aliphatic heterocycles. The van der Waals surface area contributed by atoms with Gasteiger partial charge in [-0.25, -0.2) is 8.78 Å². The second kappa shape index (κ2) is 8.95. The molecule has 1 aromatic carbocycles. The molecule has 4 rings (SSSR count). The summed E-state index contributed by atoms with van der Waals surface area (Å²) in [5, 5.41) is 15.5. The molecule has 0 aliphatic carbocycles. The molecule has 1 unspecified atom stereocenters. The van der Waals surface area contributed by atoms with Crippen molar-refractivity contribution in [1.29, 1.82) is 0 Å². The van der Waals surface area contributed by atoms with Gasteiger partial charge in [-0.2, -0.15) is 5.10 Å². The van der Waals surface area contributed by atoms with E-state index in [-0.39, 0.29) is 22.1 Å². The van der Waals surface area contributed by atoms with E-state index in [1.165, 1.54) is 6.07 Å². The van der Waals surface area contributed by atoms with Crippen molar-refractivity contribution in [3.63, 3.8) is 0 Å². The van der Waals surface area contributed by atoms with Crippen molar-refractivity contribution in [2.75, 3.05) is 6.54 Å². The zero-order valence-electron chi connectivity index (χ0n) is 17.9. The van der Waals surface area contributed by atoms with Crippen LogP contribution in [-0.2, 0) is 12.5 Å². The molecular weight excluding hydrogens is 470 g/mol. The highest BCUT2D eigenvalue weighted by atomic mass is 35.5. The molecule has 0 saturated carbocycles. The first kappa shape index (κ1) is 22.9. The Kier molecular flexibility index (Phi) is 6.22. The average Bonchev–Trinajstić information content (AvgIpc) is 3.39. The maximum atomic E-state index is 14.1. The van der Waals surface area contributed by atoms with Crippen LogP contribution >= 0.6 is 22.9 Å². The van der Waals surface area contributed by atoms with Crippen LogP contribution in [0.1, 0.15) is 33.7 Å². The van der Waals surface area contributed by atoms with Crippen LogP contribution in [0.25, 0.3) is 10.6 Å². The molecule has 7 nitrogen and oxygen atoms in total. The summed E-state index contributed by atoms with van der Waals surface area (Å²) in [6.07, 6.45) is 1.65. The lowest BCUT2D eigenvalue weighted by Gasteiger charge is -2.29. The number of amides is 1. The SMILES string of the molecule is Cc1cccc(C(C)(CNC(=O)c2nnc(-c3ccc(F)cc3F)s2)c2cnn(C)c2Cl)n1. The number of nitrogens with one attached hydrogen (secondary N) is 1. The predicted octanol–water partition coefficient (Wildman–Crippen LogP) is 4.31. The molecule has 1 atom stereocenters. The molecule has 1 N–H and O–H groups in total. The second-order valence-corrected chi connectivity index (χ2v) is 9.02. The van der Waals surface area contributed by atoms with Gasteiger partial charge in [-0.15, -0.1) is 10.2 Å². The molecule has 11 heteroatoms. The van der Waals surface area contributed by atoms with Gasteiger partial charge in [0, 0.05) is 36.5 Å². The third-order valence-electron chi connectivity index (χ3n) is 5.30. The Hall–Kier alpha value is -3.24. The summed E-state index contributed by atoms with van der Waals surface area (Å²) in [6, 6.07) is 8.77. The van der Waals surface area contributed by atoms with Crippen molar-refractivity contribution >= 4 is 28.8 Å². The van der Waals surface area contributed by atoms with Gasteiger partial charge < -0.3 is 5.32 Å². The molecule has 4 aromatic rings. The van der Waals surface area contributed by atoms with Crippen LogP contribution in [0.4, 0.5) is 8.78 Å². The zero-order chi connectivity index (χ0) is 23.8. The maximum absolute atomic E-state index is 14.1. The number of halogens is 3. The Morgan fingerprint density at radius 1 is 1.24 bits per heavy atom. The second-order valence-electron chi connectivity index (χ2n) is 7.69. The Morgan fingerprint density at radius 2 is 2.03 bits per heavy atom. The third kappa shape index (κ3) is 4.49. The van der Waals surface area contributed by atoms with E-state index in [2.05, 4.69) is 25.6 Å². The van der Waals surface area contributed by atoms with Crippen LogP contribution < -0.4 is 5.32 Å². The van der Waals surface area contributed by atoms with E-state index in [1.54, 1.807) is 17.9 Å². The monoisotopic (exact) mass is 488 g/mol. The van der Waals surface area contributed by atoms with Crippen LogP contribution in [0.2, 0.25) is 5.15 Å². The van der Waals surface area contributed by atoms with Crippen molar-refractivity contribution in [2.24, 2.45) is 7.05 Å². The molecular formula is C22H19ClF2N6OS. The highest BCUT2D eigenvalue weighted by molar-refractivity contribution is 7.16. The Bertz CT molecular complexity index is 1340. The summed E-state index contributed by atoms with van der Waals surface area (Å²) >= 11 is 7.40. The normalized spacial score (nSPS) is 13.0. The fourth-order valence-corrected chi connectivity index (χ4v) is 4.47. The number of carbonyl (C=O) groups is 1. The standard InChI is InChI=1S/C22H19ClF2N6OS/c1-12-5-4-6-17(28-12)22(2,15-10-27-31(3)18(15)23)11-26-19(32)21-30-29-20(33-21)14-8-7-13(24)9-16(14)25/h4-10H,11H2,1-3H3,(H,26,32). The number of rotatable bonds is 6. The number of hydrogen-bond donors (Lipinski definition) is 1. The van der Waals surface area contributed by atoms with Gasteiger partial charge in [0.2, 0.25) is 5.01 Å². The summed E-state index contributed by atoms with van der Waals surface area (Å²) in [7, 11) is 1.73. The lowest BCUT2D eigenvalue weighted by Crippen LogP contribution is -2.40. The van der Waals surface area contributed by atoms with E-state index in [9.17, 15) is 13.6 Å². The molecule has 0 saturated heterocycles. The Labute approximate surface area is 197 Å². The summed E-state index contributed by atoms with van der Waals surface area (Å²) < 4.78 is 28.8. The largest absolute Gasteiger partial charge is 0.349 e. The van der Waals surface area contributed by atoms with Gasteiger partial charge in [0.25, 0.3) is 5.91 Å². The Morgan fingerprint density at radius 3 is 2.70 bits per heavy atom. The van der Waals surface area contributed by atoms with Gasteiger partial charge in [0.15, 0.2) is 5.01 Å². The minimum atomic E-state index is -0.788. The molecule has 170 valence electrons. The smallest absolute Gasteiger partial charge is 0.282 e.